The maximum atomic E-state index is 9.48. The van der Waals surface area contributed by atoms with Crippen LogP contribution in [0, 0.1) is 39.5 Å². The van der Waals surface area contributed by atoms with E-state index in [-0.39, 0.29) is 77.1 Å². The topological polar surface area (TPSA) is 35.2 Å². The summed E-state index contributed by atoms with van der Waals surface area (Å²) in [5, 5.41) is 5.77. The fourth-order valence-electron chi connectivity index (χ4n) is 9.36. The summed E-state index contributed by atoms with van der Waals surface area (Å²) in [5.41, 5.74) is 5.90. The normalized spacial score (nSPS) is 15.0. The molecular weight excluding hydrogens is 1000 g/mol. The van der Waals surface area contributed by atoms with Crippen LogP contribution in [0.2, 0.25) is 0 Å². The van der Waals surface area contributed by atoms with Crippen LogP contribution in [0.1, 0.15) is 59.5 Å². The standard InChI is InChI=1S/C61H47N4O.Pt/c1-38-24-30-48-46-17-7-8-18-47(46)51-21-13-23-56-60(51)64(59-39(2)14-11-20-52(59)53(48)32-38)37-63(56)43-15-12-16-44(34-43)66-45-29-31-50-49-19-9-10-22-55(49)65(57(50)35-45)58-33-40(3)54(36-62-58)41-25-27-42(28-26-41)61(4,5)6;/h7-33,36-37H,1-6H3;/q-3;/i3D3,9D,10D,12D,15D,16D,19D,22D,29D,31D;. The van der Waals surface area contributed by atoms with E-state index in [9.17, 15) is 8.22 Å². The Bertz CT molecular complexity index is 4500. The zero-order chi connectivity index (χ0) is 55.2. The molecule has 0 aliphatic carbocycles. The third-order valence-corrected chi connectivity index (χ3v) is 12.5. The number of fused-ring (bicyclic) bond motifs is 10. The van der Waals surface area contributed by atoms with Crippen molar-refractivity contribution < 1.29 is 42.3 Å². The summed E-state index contributed by atoms with van der Waals surface area (Å²) in [6, 6.07) is 37.1. The molecular formula is C61H47N4OPt-3. The number of pyridine rings is 1. The second kappa shape index (κ2) is 16.2. The Morgan fingerprint density at radius 2 is 1.37 bits per heavy atom. The van der Waals surface area contributed by atoms with Crippen LogP contribution in [-0.2, 0) is 26.5 Å². The van der Waals surface area contributed by atoms with Crippen molar-refractivity contribution in [3.8, 4) is 28.4 Å². The number of nitrogens with zero attached hydrogens (tertiary/aromatic N) is 4. The molecule has 67 heavy (non-hydrogen) atoms. The minimum atomic E-state index is -2.70. The zero-order valence-corrected chi connectivity index (χ0v) is 39.3. The van der Waals surface area contributed by atoms with Gasteiger partial charge < -0.3 is 18.8 Å². The molecule has 1 aliphatic rings. The van der Waals surface area contributed by atoms with E-state index in [1.165, 1.54) is 16.8 Å². The molecule has 11 aromatic rings. The molecule has 6 heteroatoms. The van der Waals surface area contributed by atoms with Crippen molar-refractivity contribution in [2.75, 3.05) is 4.90 Å². The van der Waals surface area contributed by atoms with Crippen molar-refractivity contribution in [3.05, 3.63) is 211 Å². The van der Waals surface area contributed by atoms with E-state index >= 15 is 0 Å². The van der Waals surface area contributed by atoms with Crippen LogP contribution in [-0.4, -0.2) is 14.1 Å². The molecule has 0 radical (unpaired) electrons. The van der Waals surface area contributed by atoms with E-state index in [2.05, 4.69) is 86.9 Å². The Hall–Kier alpha value is -7.33. The number of ether oxygens (including phenoxy) is 1. The van der Waals surface area contributed by atoms with Gasteiger partial charge in [0.2, 0.25) is 0 Å². The Kier molecular flexibility index (Phi) is 7.46. The average Bonchev–Trinajstić information content (AvgIpc) is 3.83. The first-order chi connectivity index (χ1) is 37.0. The number of anilines is 2. The van der Waals surface area contributed by atoms with Gasteiger partial charge in [0.15, 0.2) is 0 Å². The van der Waals surface area contributed by atoms with Crippen LogP contribution >= 0.6 is 0 Å². The molecule has 5 nitrogen and oxygen atoms in total. The summed E-state index contributed by atoms with van der Waals surface area (Å²) < 4.78 is 118. The second-order valence-electron chi connectivity index (χ2n) is 17.8. The molecule has 12 rings (SSSR count). The van der Waals surface area contributed by atoms with Crippen molar-refractivity contribution in [2.45, 2.75) is 46.9 Å². The Balaban J connectivity index is 0.00000660. The smallest absolute Gasteiger partial charge is 0.135 e. The van der Waals surface area contributed by atoms with Crippen molar-refractivity contribution >= 4 is 76.5 Å². The molecule has 0 saturated carbocycles. The number of benzene rings is 8. The summed E-state index contributed by atoms with van der Waals surface area (Å²) in [4.78, 5) is 6.47. The summed E-state index contributed by atoms with van der Waals surface area (Å²) >= 11 is 0. The molecule has 0 amide bonds. The van der Waals surface area contributed by atoms with Crippen molar-refractivity contribution in [1.29, 1.82) is 0 Å². The van der Waals surface area contributed by atoms with Crippen LogP contribution in [0.4, 0.5) is 11.4 Å². The van der Waals surface area contributed by atoms with Crippen molar-refractivity contribution in [2.24, 2.45) is 0 Å². The Labute approximate surface area is 422 Å². The molecule has 8 aromatic carbocycles. The average molecular weight is 1060 g/mol. The summed E-state index contributed by atoms with van der Waals surface area (Å²) in [5.74, 6) is -0.881. The van der Waals surface area contributed by atoms with Gasteiger partial charge >= 0.3 is 0 Å². The van der Waals surface area contributed by atoms with Gasteiger partial charge in [-0.25, -0.2) is 4.98 Å². The van der Waals surface area contributed by atoms with Crippen LogP contribution in [0.3, 0.4) is 0 Å². The molecule has 0 saturated heterocycles. The third kappa shape index (κ3) is 7.03. The van der Waals surface area contributed by atoms with Gasteiger partial charge in [-0.05, 0) is 115 Å². The van der Waals surface area contributed by atoms with Crippen LogP contribution in [0.15, 0.2) is 170 Å². The summed E-state index contributed by atoms with van der Waals surface area (Å²) in [7, 11) is 0. The largest absolute Gasteiger partial charge is 0.509 e. The van der Waals surface area contributed by atoms with E-state index in [1.54, 1.807) is 4.90 Å². The number of hydrogen-bond acceptors (Lipinski definition) is 3. The number of rotatable bonds is 5. The van der Waals surface area contributed by atoms with Crippen molar-refractivity contribution in [1.82, 2.24) is 14.1 Å². The van der Waals surface area contributed by atoms with Crippen LogP contribution in [0.25, 0.3) is 82.1 Å². The molecule has 0 N–H and O–H groups in total. The van der Waals surface area contributed by atoms with E-state index in [0.717, 1.165) is 60.0 Å². The number of aromatic nitrogens is 3. The van der Waals surface area contributed by atoms with Crippen molar-refractivity contribution in [3.63, 3.8) is 0 Å². The van der Waals surface area contributed by atoms with Gasteiger partial charge in [-0.3, -0.25) is 0 Å². The molecule has 0 unspecified atom stereocenters. The predicted molar refractivity (Wildman–Crippen MR) is 275 cm³/mol. The molecule has 0 fully saturated rings. The first-order valence-corrected chi connectivity index (χ1v) is 21.7. The molecule has 330 valence electrons. The van der Waals surface area contributed by atoms with Crippen LogP contribution < -0.4 is 9.64 Å². The molecule has 0 atom stereocenters. The molecule has 4 heterocycles. The third-order valence-electron chi connectivity index (χ3n) is 12.5. The van der Waals surface area contributed by atoms with E-state index in [4.69, 9.17) is 17.9 Å². The Morgan fingerprint density at radius 3 is 2.18 bits per heavy atom. The molecule has 0 bridgehead atoms. The SMILES string of the molecule is [2H]c1c(Oc2[c-]c3c(c([2H])c2[2H])c2c([2H])c([2H])c([2H])c([2H])c2n3-c2cc(C([2H])([2H])[2H])c(-c3ccc(C(C)(C)C)cc3)cn2)[c-]c(N2[CH-]n3c4c(C)cccc4c4cc(C)ccc4c4ccccc4c4cccc2c43)c([2H])c1[2H].[Pt]. The summed E-state index contributed by atoms with van der Waals surface area (Å²) in [6.07, 6.45) is 1.40. The monoisotopic (exact) mass is 1060 g/mol. The van der Waals surface area contributed by atoms with Gasteiger partial charge in [-0.2, -0.15) is 12.1 Å². The minimum Gasteiger partial charge on any atom is -0.509 e. The quantitative estimate of drug-likeness (QED) is 0.161. The van der Waals surface area contributed by atoms with Gasteiger partial charge in [0, 0.05) is 62.4 Å². The second-order valence-corrected chi connectivity index (χ2v) is 17.8. The van der Waals surface area contributed by atoms with Crippen LogP contribution in [0.5, 0.6) is 11.5 Å². The fourth-order valence-corrected chi connectivity index (χ4v) is 9.36. The molecule has 3 aromatic heterocycles. The first kappa shape index (κ1) is 30.8. The minimum absolute atomic E-state index is 0. The van der Waals surface area contributed by atoms with Gasteiger partial charge in [-0.15, -0.1) is 35.6 Å². The van der Waals surface area contributed by atoms with E-state index < -0.39 is 60.9 Å². The summed E-state index contributed by atoms with van der Waals surface area (Å²) in [6.45, 7) is 9.48. The van der Waals surface area contributed by atoms with Gasteiger partial charge in [0.1, 0.15) is 5.82 Å². The van der Waals surface area contributed by atoms with Gasteiger partial charge in [-0.1, -0.05) is 164 Å². The maximum absolute atomic E-state index is 9.48. The number of aryl methyl sites for hydroxylation is 3. The Morgan fingerprint density at radius 1 is 0.642 bits per heavy atom. The number of para-hydroxylation sites is 3. The van der Waals surface area contributed by atoms with E-state index in [1.807, 2.05) is 74.3 Å². The zero-order valence-electron chi connectivity index (χ0n) is 49.1. The van der Waals surface area contributed by atoms with Gasteiger partial charge in [0.05, 0.1) is 5.48 Å². The first-order valence-electron chi connectivity index (χ1n) is 27.7. The van der Waals surface area contributed by atoms with E-state index in [0.29, 0.717) is 16.8 Å². The molecule has 1 aliphatic heterocycles. The fraction of sp³-hybridized carbons (Fsp3) is 0.115. The number of hydrogen-bond donors (Lipinski definition) is 0. The predicted octanol–water partition coefficient (Wildman–Crippen LogP) is 16.1. The maximum Gasteiger partial charge on any atom is 0.135 e. The van der Waals surface area contributed by atoms with Gasteiger partial charge in [0.25, 0.3) is 0 Å². The molecule has 0 spiro atoms.